The topological polar surface area (TPSA) is 21.3 Å². The molecule has 2 nitrogen and oxygen atoms in total. The van der Waals surface area contributed by atoms with Crippen LogP contribution in [0.3, 0.4) is 0 Å². The van der Waals surface area contributed by atoms with Gasteiger partial charge in [0, 0.05) is 22.5 Å². The predicted octanol–water partition coefficient (Wildman–Crippen LogP) is 3.41. The van der Waals surface area contributed by atoms with E-state index in [4.69, 9.17) is 16.3 Å². The van der Waals surface area contributed by atoms with Crippen LogP contribution in [0, 0.1) is 5.92 Å². The Kier molecular flexibility index (Phi) is 3.72. The maximum Gasteiger partial charge on any atom is 0.124 e. The summed E-state index contributed by atoms with van der Waals surface area (Å²) < 4.78 is 5.70. The molecule has 0 aromatic heterocycles. The molecule has 1 aliphatic rings. The van der Waals surface area contributed by atoms with E-state index in [2.05, 4.69) is 19.2 Å². The van der Waals surface area contributed by atoms with Crippen molar-refractivity contribution >= 4 is 11.6 Å². The van der Waals surface area contributed by atoms with Crippen LogP contribution < -0.4 is 10.1 Å². The Morgan fingerprint density at radius 1 is 1.50 bits per heavy atom. The fraction of sp³-hybridized carbons (Fsp3) is 0.538. The number of benzene rings is 1. The maximum atomic E-state index is 6.04. The first-order valence-electron chi connectivity index (χ1n) is 5.88. The zero-order valence-corrected chi connectivity index (χ0v) is 10.6. The lowest BCUT2D eigenvalue weighted by atomic mass is 9.92. The van der Waals surface area contributed by atoms with Crippen LogP contribution in [0.1, 0.15) is 31.9 Å². The molecule has 2 atom stereocenters. The van der Waals surface area contributed by atoms with Crippen LogP contribution in [0.25, 0.3) is 0 Å². The van der Waals surface area contributed by atoms with Crippen LogP contribution >= 0.6 is 11.6 Å². The molecule has 1 aliphatic heterocycles. The van der Waals surface area contributed by atoms with E-state index in [0.717, 1.165) is 30.3 Å². The molecule has 1 N–H and O–H groups in total. The van der Waals surface area contributed by atoms with Crippen molar-refractivity contribution in [3.63, 3.8) is 0 Å². The van der Waals surface area contributed by atoms with Gasteiger partial charge in [-0.3, -0.25) is 0 Å². The summed E-state index contributed by atoms with van der Waals surface area (Å²) in [5.74, 6) is 1.45. The minimum absolute atomic E-state index is 0.363. The van der Waals surface area contributed by atoms with Crippen molar-refractivity contribution in [2.45, 2.75) is 26.3 Å². The van der Waals surface area contributed by atoms with E-state index in [1.165, 1.54) is 5.56 Å². The van der Waals surface area contributed by atoms with E-state index in [-0.39, 0.29) is 0 Å². The van der Waals surface area contributed by atoms with Gasteiger partial charge in [-0.15, -0.1) is 0 Å². The molecule has 0 saturated heterocycles. The number of halogens is 1. The highest BCUT2D eigenvalue weighted by Gasteiger charge is 2.27. The number of hydrogen-bond acceptors (Lipinski definition) is 2. The molecule has 88 valence electrons. The Hall–Kier alpha value is -0.730. The summed E-state index contributed by atoms with van der Waals surface area (Å²) in [6.07, 6.45) is 1.14. The summed E-state index contributed by atoms with van der Waals surface area (Å²) in [6, 6.07) is 6.22. The number of nitrogens with one attached hydrogen (secondary N) is 1. The average Bonchev–Trinajstić information content (AvgIpc) is 2.28. The Morgan fingerprint density at radius 2 is 2.31 bits per heavy atom. The molecule has 0 saturated carbocycles. The summed E-state index contributed by atoms with van der Waals surface area (Å²) in [5.41, 5.74) is 1.19. The van der Waals surface area contributed by atoms with Gasteiger partial charge in [0.25, 0.3) is 0 Å². The lowest BCUT2D eigenvalue weighted by Crippen LogP contribution is -2.34. The monoisotopic (exact) mass is 239 g/mol. The highest BCUT2D eigenvalue weighted by molar-refractivity contribution is 6.30. The summed E-state index contributed by atoms with van der Waals surface area (Å²) in [6.45, 7) is 6.18. The van der Waals surface area contributed by atoms with Crippen LogP contribution in [0.4, 0.5) is 0 Å². The first-order valence-corrected chi connectivity index (χ1v) is 6.25. The normalized spacial score (nSPS) is 23.7. The Morgan fingerprint density at radius 3 is 3.06 bits per heavy atom. The van der Waals surface area contributed by atoms with Gasteiger partial charge < -0.3 is 10.1 Å². The van der Waals surface area contributed by atoms with Gasteiger partial charge in [0.1, 0.15) is 5.75 Å². The molecule has 1 aromatic rings. The van der Waals surface area contributed by atoms with Crippen molar-refractivity contribution in [3.8, 4) is 5.75 Å². The van der Waals surface area contributed by atoms with Crippen molar-refractivity contribution in [2.24, 2.45) is 5.92 Å². The van der Waals surface area contributed by atoms with Crippen molar-refractivity contribution in [2.75, 3.05) is 13.2 Å². The van der Waals surface area contributed by atoms with Gasteiger partial charge in [0.15, 0.2) is 0 Å². The summed E-state index contributed by atoms with van der Waals surface area (Å²) in [5, 5.41) is 4.34. The van der Waals surface area contributed by atoms with E-state index in [9.17, 15) is 0 Å². The molecule has 1 heterocycles. The van der Waals surface area contributed by atoms with Gasteiger partial charge in [-0.2, -0.15) is 0 Å². The lowest BCUT2D eigenvalue weighted by Gasteiger charge is -2.32. The van der Waals surface area contributed by atoms with E-state index >= 15 is 0 Å². The van der Waals surface area contributed by atoms with Gasteiger partial charge in [0.05, 0.1) is 6.61 Å². The fourth-order valence-corrected chi connectivity index (χ4v) is 2.31. The molecule has 0 fully saturated rings. The Labute approximate surface area is 102 Å². The molecule has 2 rings (SSSR count). The quantitative estimate of drug-likeness (QED) is 0.873. The Balaban J connectivity index is 2.27. The number of rotatable bonds is 3. The first kappa shape index (κ1) is 11.7. The first-order chi connectivity index (χ1) is 7.72. The minimum atomic E-state index is 0.363. The highest BCUT2D eigenvalue weighted by atomic mass is 35.5. The molecule has 2 unspecified atom stereocenters. The Bertz CT molecular complexity index is 367. The molecule has 0 aliphatic carbocycles. The molecule has 0 amide bonds. The average molecular weight is 240 g/mol. The van der Waals surface area contributed by atoms with E-state index in [1.807, 2.05) is 18.2 Å². The molecule has 1 aromatic carbocycles. The summed E-state index contributed by atoms with van der Waals surface area (Å²) >= 11 is 6.04. The second-order valence-corrected chi connectivity index (χ2v) is 4.84. The molecular weight excluding hydrogens is 222 g/mol. The van der Waals surface area contributed by atoms with Crippen LogP contribution in [-0.4, -0.2) is 13.2 Å². The molecule has 0 radical (unpaired) electrons. The molecule has 0 bridgehead atoms. The molecule has 3 heteroatoms. The largest absolute Gasteiger partial charge is 0.493 e. The molecule has 0 spiro atoms. The van der Waals surface area contributed by atoms with Crippen molar-refractivity contribution in [3.05, 3.63) is 28.8 Å². The van der Waals surface area contributed by atoms with E-state index in [1.54, 1.807) is 0 Å². The fourth-order valence-electron chi connectivity index (χ4n) is 2.13. The number of fused-ring (bicyclic) bond motifs is 1. The van der Waals surface area contributed by atoms with Crippen LogP contribution in [0.2, 0.25) is 5.02 Å². The van der Waals surface area contributed by atoms with Gasteiger partial charge in [-0.05, 0) is 31.2 Å². The van der Waals surface area contributed by atoms with Crippen molar-refractivity contribution in [1.29, 1.82) is 0 Å². The second kappa shape index (κ2) is 5.07. The van der Waals surface area contributed by atoms with Gasteiger partial charge in [-0.1, -0.05) is 25.4 Å². The SMILES string of the molecule is CCCNC1c2cc(Cl)ccc2OCC1C. The van der Waals surface area contributed by atoms with Crippen LogP contribution in [-0.2, 0) is 0 Å². The zero-order chi connectivity index (χ0) is 11.5. The smallest absolute Gasteiger partial charge is 0.124 e. The third-order valence-electron chi connectivity index (χ3n) is 2.99. The van der Waals surface area contributed by atoms with Crippen molar-refractivity contribution in [1.82, 2.24) is 5.32 Å². The third-order valence-corrected chi connectivity index (χ3v) is 3.23. The van der Waals surface area contributed by atoms with Gasteiger partial charge >= 0.3 is 0 Å². The highest BCUT2D eigenvalue weighted by Crippen LogP contribution is 2.36. The van der Waals surface area contributed by atoms with Gasteiger partial charge in [0.2, 0.25) is 0 Å². The number of hydrogen-bond donors (Lipinski definition) is 1. The lowest BCUT2D eigenvalue weighted by molar-refractivity contribution is 0.189. The van der Waals surface area contributed by atoms with E-state index in [0.29, 0.717) is 12.0 Å². The summed E-state index contributed by atoms with van der Waals surface area (Å²) in [7, 11) is 0. The van der Waals surface area contributed by atoms with Crippen LogP contribution in [0.5, 0.6) is 5.75 Å². The minimum Gasteiger partial charge on any atom is -0.493 e. The second-order valence-electron chi connectivity index (χ2n) is 4.40. The summed E-state index contributed by atoms with van der Waals surface area (Å²) in [4.78, 5) is 0. The van der Waals surface area contributed by atoms with Gasteiger partial charge in [-0.25, -0.2) is 0 Å². The standard InChI is InChI=1S/C13H18ClNO/c1-3-6-15-13-9(2)8-16-12-5-4-10(14)7-11(12)13/h4-5,7,9,13,15H,3,6,8H2,1-2H3. The van der Waals surface area contributed by atoms with Crippen LogP contribution in [0.15, 0.2) is 18.2 Å². The van der Waals surface area contributed by atoms with Crippen molar-refractivity contribution < 1.29 is 4.74 Å². The number of ether oxygens (including phenoxy) is 1. The van der Waals surface area contributed by atoms with E-state index < -0.39 is 0 Å². The maximum absolute atomic E-state index is 6.04. The predicted molar refractivity (Wildman–Crippen MR) is 67.1 cm³/mol. The third kappa shape index (κ3) is 2.33. The zero-order valence-electron chi connectivity index (χ0n) is 9.79. The molecular formula is C13H18ClNO. The molecule has 16 heavy (non-hydrogen) atoms.